The molecule has 1 aliphatic rings. The van der Waals surface area contributed by atoms with Crippen LogP contribution in [0.1, 0.15) is 24.8 Å². The van der Waals surface area contributed by atoms with Crippen LogP contribution in [0.5, 0.6) is 0 Å². The van der Waals surface area contributed by atoms with Crippen LogP contribution < -0.4 is 5.32 Å². The Labute approximate surface area is 137 Å². The van der Waals surface area contributed by atoms with Gasteiger partial charge in [0.15, 0.2) is 0 Å². The van der Waals surface area contributed by atoms with Crippen LogP contribution >= 0.6 is 0 Å². The Kier molecular flexibility index (Phi) is 7.20. The molecule has 0 spiro atoms. The molecule has 0 saturated heterocycles. The molecule has 0 aromatic heterocycles. The van der Waals surface area contributed by atoms with Crippen LogP contribution in [0.25, 0.3) is 0 Å². The second kappa shape index (κ2) is 9.15. The average Bonchev–Trinajstić information content (AvgIpc) is 2.58. The summed E-state index contributed by atoms with van der Waals surface area (Å²) in [5.74, 6) is 0. The molecule has 1 aromatic rings. The number of aliphatic hydroxyl groups is 4. The van der Waals surface area contributed by atoms with Crippen molar-refractivity contribution in [3.8, 4) is 0 Å². The quantitative estimate of drug-likeness (QED) is 0.352. The lowest BCUT2D eigenvalue weighted by atomic mass is 9.88. The molecule has 0 radical (unpaired) electrons. The molecule has 0 saturated carbocycles. The van der Waals surface area contributed by atoms with Crippen molar-refractivity contribution in [2.75, 3.05) is 13.2 Å². The van der Waals surface area contributed by atoms with E-state index in [2.05, 4.69) is 17.4 Å². The zero-order valence-corrected chi connectivity index (χ0v) is 13.3. The molecule has 5 N–H and O–H groups in total. The Morgan fingerprint density at radius 3 is 2.35 bits per heavy atom. The van der Waals surface area contributed by atoms with Gasteiger partial charge in [-0.25, -0.2) is 0 Å². The first-order chi connectivity index (χ1) is 11.1. The molecule has 4 atom stereocenters. The maximum Gasteiger partial charge on any atom is 0.111 e. The Bertz CT molecular complexity index is 491. The zero-order valence-electron chi connectivity index (χ0n) is 13.3. The van der Waals surface area contributed by atoms with Crippen molar-refractivity contribution in [2.45, 2.75) is 50.0 Å². The molecule has 1 aromatic carbocycles. The first kappa shape index (κ1) is 18.1. The Morgan fingerprint density at radius 2 is 1.65 bits per heavy atom. The van der Waals surface area contributed by atoms with Crippen molar-refractivity contribution in [1.82, 2.24) is 5.32 Å². The molecule has 0 heterocycles. The third-order valence-corrected chi connectivity index (χ3v) is 4.36. The second-order valence-electron chi connectivity index (χ2n) is 6.10. The first-order valence-electron chi connectivity index (χ1n) is 8.26. The monoisotopic (exact) mass is 321 g/mol. The van der Waals surface area contributed by atoms with Crippen LogP contribution in [0.2, 0.25) is 0 Å². The summed E-state index contributed by atoms with van der Waals surface area (Å²) in [5.41, 5.74) is 1.69. The first-order valence-corrected chi connectivity index (χ1v) is 8.26. The summed E-state index contributed by atoms with van der Waals surface area (Å²) in [4.78, 5) is 0. The van der Waals surface area contributed by atoms with Crippen molar-refractivity contribution >= 4 is 0 Å². The summed E-state index contributed by atoms with van der Waals surface area (Å²) in [7, 11) is 0. The van der Waals surface area contributed by atoms with E-state index in [0.717, 1.165) is 25.7 Å². The molecular formula is C18H27NO4. The average molecular weight is 321 g/mol. The van der Waals surface area contributed by atoms with Crippen LogP contribution in [-0.2, 0) is 6.42 Å². The fourth-order valence-electron chi connectivity index (χ4n) is 2.92. The van der Waals surface area contributed by atoms with Crippen molar-refractivity contribution in [3.63, 3.8) is 0 Å². The van der Waals surface area contributed by atoms with Crippen molar-refractivity contribution < 1.29 is 20.4 Å². The van der Waals surface area contributed by atoms with E-state index in [4.69, 9.17) is 0 Å². The Hall–Kier alpha value is -1.24. The second-order valence-corrected chi connectivity index (χ2v) is 6.10. The van der Waals surface area contributed by atoms with Crippen molar-refractivity contribution in [3.05, 3.63) is 47.5 Å². The predicted molar refractivity (Wildman–Crippen MR) is 89.0 cm³/mol. The lowest BCUT2D eigenvalue weighted by Crippen LogP contribution is -2.54. The minimum Gasteiger partial charge on any atom is -0.392 e. The topological polar surface area (TPSA) is 93.0 Å². The van der Waals surface area contributed by atoms with Gasteiger partial charge in [0, 0.05) is 0 Å². The summed E-state index contributed by atoms with van der Waals surface area (Å²) in [6.07, 6.45) is 2.31. The number of nitrogens with one attached hydrogen (secondary N) is 1. The number of rotatable bonds is 8. The fraction of sp³-hybridized carbons (Fsp3) is 0.556. The minimum absolute atomic E-state index is 0.319. The van der Waals surface area contributed by atoms with Gasteiger partial charge in [0.05, 0.1) is 12.6 Å². The summed E-state index contributed by atoms with van der Waals surface area (Å²) in [6.45, 7) is 0.398. The van der Waals surface area contributed by atoms with Gasteiger partial charge in [-0.05, 0) is 36.9 Å². The van der Waals surface area contributed by atoms with E-state index < -0.39 is 24.4 Å². The molecule has 0 fully saturated rings. The standard InChI is InChI=1S/C18H27NO4/c20-12-14-11-15(17(22)18(23)16(14)21)19-10-6-2-5-9-13-7-3-1-4-8-13/h1,3-4,7-8,11,15-23H,2,5-6,9-10,12H2/t15-,16+,17-,18?/m0/s1. The highest BCUT2D eigenvalue weighted by Crippen LogP contribution is 2.20. The van der Waals surface area contributed by atoms with E-state index in [0.29, 0.717) is 12.1 Å². The number of benzene rings is 1. The van der Waals surface area contributed by atoms with E-state index in [-0.39, 0.29) is 6.61 Å². The van der Waals surface area contributed by atoms with Crippen LogP contribution in [0.3, 0.4) is 0 Å². The molecule has 5 heteroatoms. The molecule has 2 rings (SSSR count). The van der Waals surface area contributed by atoms with E-state index in [9.17, 15) is 20.4 Å². The van der Waals surface area contributed by atoms with Gasteiger partial charge in [-0.1, -0.05) is 42.8 Å². The molecule has 23 heavy (non-hydrogen) atoms. The van der Waals surface area contributed by atoms with E-state index >= 15 is 0 Å². The molecule has 0 aliphatic heterocycles. The minimum atomic E-state index is -1.27. The van der Waals surface area contributed by atoms with Crippen molar-refractivity contribution in [2.24, 2.45) is 0 Å². The van der Waals surface area contributed by atoms with Gasteiger partial charge in [0.25, 0.3) is 0 Å². The molecule has 0 amide bonds. The SMILES string of the molecule is OCC1=C[C@H](NCCCCCc2ccccc2)[C@H](O)C(O)[C@@H]1O. The molecule has 1 unspecified atom stereocenters. The van der Waals surface area contributed by atoms with Gasteiger partial charge in [0.1, 0.15) is 18.3 Å². The molecular weight excluding hydrogens is 294 g/mol. The van der Waals surface area contributed by atoms with Crippen LogP contribution in [0.4, 0.5) is 0 Å². The molecule has 0 bridgehead atoms. The number of unbranched alkanes of at least 4 members (excludes halogenated alkanes) is 2. The third kappa shape index (κ3) is 5.12. The zero-order chi connectivity index (χ0) is 16.7. The smallest absolute Gasteiger partial charge is 0.111 e. The predicted octanol–water partition coefficient (Wildman–Crippen LogP) is 0.373. The number of aliphatic hydroxyl groups excluding tert-OH is 4. The van der Waals surface area contributed by atoms with E-state index in [1.165, 1.54) is 5.56 Å². The highest BCUT2D eigenvalue weighted by Gasteiger charge is 2.36. The normalized spacial score (nSPS) is 27.7. The number of aryl methyl sites for hydroxylation is 1. The Balaban J connectivity index is 1.68. The molecule has 128 valence electrons. The van der Waals surface area contributed by atoms with Crippen LogP contribution in [0.15, 0.2) is 42.0 Å². The van der Waals surface area contributed by atoms with Gasteiger partial charge >= 0.3 is 0 Å². The van der Waals surface area contributed by atoms with E-state index in [1.807, 2.05) is 18.2 Å². The number of hydrogen-bond acceptors (Lipinski definition) is 5. The third-order valence-electron chi connectivity index (χ3n) is 4.36. The largest absolute Gasteiger partial charge is 0.392 e. The van der Waals surface area contributed by atoms with Crippen LogP contribution in [0, 0.1) is 0 Å². The van der Waals surface area contributed by atoms with Gasteiger partial charge in [-0.2, -0.15) is 0 Å². The lowest BCUT2D eigenvalue weighted by Gasteiger charge is -2.34. The summed E-state index contributed by atoms with van der Waals surface area (Å²) >= 11 is 0. The van der Waals surface area contributed by atoms with Gasteiger partial charge in [-0.3, -0.25) is 0 Å². The lowest BCUT2D eigenvalue weighted by molar-refractivity contribution is -0.0641. The van der Waals surface area contributed by atoms with Crippen molar-refractivity contribution in [1.29, 1.82) is 0 Å². The highest BCUT2D eigenvalue weighted by molar-refractivity contribution is 5.21. The van der Waals surface area contributed by atoms with Gasteiger partial charge < -0.3 is 25.7 Å². The number of hydrogen-bond donors (Lipinski definition) is 5. The fourth-order valence-corrected chi connectivity index (χ4v) is 2.92. The maximum absolute atomic E-state index is 9.97. The summed E-state index contributed by atoms with van der Waals surface area (Å²) < 4.78 is 0. The highest BCUT2D eigenvalue weighted by atomic mass is 16.4. The van der Waals surface area contributed by atoms with Gasteiger partial charge in [-0.15, -0.1) is 0 Å². The summed E-state index contributed by atoms with van der Waals surface area (Å²) in [5, 5.41) is 41.8. The van der Waals surface area contributed by atoms with Crippen LogP contribution in [-0.4, -0.2) is 57.9 Å². The molecule has 5 nitrogen and oxygen atoms in total. The van der Waals surface area contributed by atoms with E-state index in [1.54, 1.807) is 6.08 Å². The summed E-state index contributed by atoms with van der Waals surface area (Å²) in [6, 6.07) is 9.93. The molecule has 1 aliphatic carbocycles. The maximum atomic E-state index is 9.97. The van der Waals surface area contributed by atoms with Gasteiger partial charge in [0.2, 0.25) is 0 Å². The Morgan fingerprint density at radius 1 is 0.913 bits per heavy atom.